The number of nitrogens with one attached hydrogen (secondary N) is 1. The van der Waals surface area contributed by atoms with Gasteiger partial charge in [0.1, 0.15) is 0 Å². The van der Waals surface area contributed by atoms with Gasteiger partial charge in [0, 0.05) is 14.3 Å². The van der Waals surface area contributed by atoms with E-state index in [9.17, 15) is 9.59 Å². The molecule has 0 spiro atoms. The molecule has 3 nitrogen and oxygen atoms in total. The zero-order valence-corrected chi connectivity index (χ0v) is 12.0. The van der Waals surface area contributed by atoms with Crippen LogP contribution in [-0.4, -0.2) is 11.8 Å². The first kappa shape index (κ1) is 12.4. The van der Waals surface area contributed by atoms with Gasteiger partial charge in [-0.25, -0.2) is 0 Å². The van der Waals surface area contributed by atoms with Gasteiger partial charge in [0.15, 0.2) is 0 Å². The van der Waals surface area contributed by atoms with Crippen molar-refractivity contribution in [2.75, 3.05) is 0 Å². The molecular formula is C14H8BrNO2S. The van der Waals surface area contributed by atoms with Gasteiger partial charge in [0.2, 0.25) is 0 Å². The van der Waals surface area contributed by atoms with Crippen molar-refractivity contribution in [3.8, 4) is 0 Å². The van der Waals surface area contributed by atoms with E-state index in [0.717, 1.165) is 14.3 Å². The van der Waals surface area contributed by atoms with E-state index in [0.29, 0.717) is 11.1 Å². The van der Waals surface area contributed by atoms with Gasteiger partial charge in [-0.1, -0.05) is 33.8 Å². The normalized spacial score (nSPS) is 13.3. The Morgan fingerprint density at radius 2 is 1.68 bits per heavy atom. The molecule has 2 aromatic carbocycles. The average Bonchev–Trinajstić information content (AvgIpc) is 2.69. The highest BCUT2D eigenvalue weighted by molar-refractivity contribution is 9.10. The molecule has 0 atom stereocenters. The van der Waals surface area contributed by atoms with Crippen molar-refractivity contribution >= 4 is 39.5 Å². The lowest BCUT2D eigenvalue weighted by molar-refractivity contribution is 0.0879. The molecule has 0 unspecified atom stereocenters. The van der Waals surface area contributed by atoms with Crippen molar-refractivity contribution in [2.24, 2.45) is 0 Å². The molecule has 94 valence electrons. The van der Waals surface area contributed by atoms with Gasteiger partial charge >= 0.3 is 0 Å². The number of halogens is 1. The van der Waals surface area contributed by atoms with Gasteiger partial charge < -0.3 is 0 Å². The minimum atomic E-state index is -0.321. The topological polar surface area (TPSA) is 46.2 Å². The van der Waals surface area contributed by atoms with Crippen LogP contribution in [0.25, 0.3) is 0 Å². The molecule has 5 heteroatoms. The highest BCUT2D eigenvalue weighted by Crippen LogP contribution is 2.34. The number of rotatable bonds is 2. The summed E-state index contributed by atoms with van der Waals surface area (Å²) in [5, 5.41) is 2.32. The Balaban J connectivity index is 2.01. The third-order valence-electron chi connectivity index (χ3n) is 2.77. The first-order valence-electron chi connectivity index (χ1n) is 5.57. The predicted octanol–water partition coefficient (Wildman–Crippen LogP) is 3.48. The maximum Gasteiger partial charge on any atom is 0.260 e. The van der Waals surface area contributed by atoms with E-state index in [1.54, 1.807) is 12.1 Å². The Kier molecular flexibility index (Phi) is 3.16. The van der Waals surface area contributed by atoms with E-state index < -0.39 is 0 Å². The number of hydrogen-bond acceptors (Lipinski definition) is 3. The lowest BCUT2D eigenvalue weighted by Gasteiger charge is -2.05. The molecule has 0 aliphatic carbocycles. The van der Waals surface area contributed by atoms with E-state index in [1.807, 2.05) is 30.3 Å². The third kappa shape index (κ3) is 2.31. The van der Waals surface area contributed by atoms with Crippen LogP contribution in [0.15, 0.2) is 56.7 Å². The first-order valence-corrected chi connectivity index (χ1v) is 7.18. The van der Waals surface area contributed by atoms with Crippen LogP contribution in [0.2, 0.25) is 0 Å². The molecule has 0 bridgehead atoms. The van der Waals surface area contributed by atoms with E-state index in [1.165, 1.54) is 11.8 Å². The van der Waals surface area contributed by atoms with Crippen LogP contribution >= 0.6 is 27.7 Å². The van der Waals surface area contributed by atoms with Crippen LogP contribution < -0.4 is 5.32 Å². The second-order valence-electron chi connectivity index (χ2n) is 4.02. The number of amides is 2. The van der Waals surface area contributed by atoms with Crippen molar-refractivity contribution in [3.63, 3.8) is 0 Å². The second-order valence-corrected chi connectivity index (χ2v) is 6.05. The number of carbonyl (C=O) groups is 2. The summed E-state index contributed by atoms with van der Waals surface area (Å²) in [7, 11) is 0. The van der Waals surface area contributed by atoms with Crippen LogP contribution in [0.5, 0.6) is 0 Å². The van der Waals surface area contributed by atoms with Crippen molar-refractivity contribution in [3.05, 3.63) is 58.1 Å². The van der Waals surface area contributed by atoms with E-state index in [2.05, 4.69) is 21.2 Å². The van der Waals surface area contributed by atoms with E-state index in [4.69, 9.17) is 0 Å². The molecule has 0 radical (unpaired) electrons. The van der Waals surface area contributed by atoms with Crippen LogP contribution in [0, 0.1) is 0 Å². The zero-order valence-electron chi connectivity index (χ0n) is 9.64. The molecule has 19 heavy (non-hydrogen) atoms. The summed E-state index contributed by atoms with van der Waals surface area (Å²) >= 11 is 4.85. The highest BCUT2D eigenvalue weighted by Gasteiger charge is 2.29. The molecule has 3 rings (SSSR count). The first-order chi connectivity index (χ1) is 9.15. The number of fused-ring (bicyclic) bond motifs is 1. The Labute approximate surface area is 122 Å². The smallest absolute Gasteiger partial charge is 0.260 e. The fraction of sp³-hybridized carbons (Fsp3) is 0. The van der Waals surface area contributed by atoms with E-state index in [-0.39, 0.29) is 11.8 Å². The minimum absolute atomic E-state index is 0.319. The standard InChI is InChI=1S/C14H8BrNO2S/c15-8-4-6-9(7-5-8)19-11-3-1-2-10-12(11)14(18)16-13(10)17/h1-7H,(H,16,17,18). The Hall–Kier alpha value is -1.59. The third-order valence-corrected chi connectivity index (χ3v) is 4.36. The van der Waals surface area contributed by atoms with Gasteiger partial charge in [0.25, 0.3) is 11.8 Å². The molecule has 0 saturated carbocycles. The van der Waals surface area contributed by atoms with Gasteiger partial charge in [0.05, 0.1) is 11.1 Å². The van der Waals surface area contributed by atoms with E-state index >= 15 is 0 Å². The number of hydrogen-bond donors (Lipinski definition) is 1. The monoisotopic (exact) mass is 333 g/mol. The summed E-state index contributed by atoms with van der Waals surface area (Å²) in [6.45, 7) is 0. The molecule has 1 N–H and O–H groups in total. The maximum atomic E-state index is 11.8. The lowest BCUT2D eigenvalue weighted by Crippen LogP contribution is -2.20. The summed E-state index contributed by atoms with van der Waals surface area (Å²) in [6, 6.07) is 13.1. The van der Waals surface area contributed by atoms with Gasteiger partial charge in [-0.15, -0.1) is 0 Å². The molecule has 1 aliphatic rings. The fourth-order valence-electron chi connectivity index (χ4n) is 1.90. The lowest BCUT2D eigenvalue weighted by atomic mass is 10.1. The minimum Gasteiger partial charge on any atom is -0.288 e. The van der Waals surface area contributed by atoms with Crippen LogP contribution in [0.4, 0.5) is 0 Å². The number of imide groups is 1. The Bertz CT molecular complexity index is 682. The van der Waals surface area contributed by atoms with Crippen LogP contribution in [0.1, 0.15) is 20.7 Å². The largest absolute Gasteiger partial charge is 0.288 e. The van der Waals surface area contributed by atoms with Crippen LogP contribution in [-0.2, 0) is 0 Å². The molecule has 1 heterocycles. The SMILES string of the molecule is O=C1NC(=O)c2c(Sc3ccc(Br)cc3)cccc21. The van der Waals surface area contributed by atoms with Gasteiger partial charge in [-0.3, -0.25) is 14.9 Å². The summed E-state index contributed by atoms with van der Waals surface area (Å²) in [5.74, 6) is -0.640. The number of carbonyl (C=O) groups excluding carboxylic acids is 2. The molecule has 2 aromatic rings. The van der Waals surface area contributed by atoms with Crippen molar-refractivity contribution < 1.29 is 9.59 Å². The summed E-state index contributed by atoms with van der Waals surface area (Å²) < 4.78 is 1.00. The van der Waals surface area contributed by atoms with Gasteiger partial charge in [-0.05, 0) is 36.4 Å². The quantitative estimate of drug-likeness (QED) is 0.856. The summed E-state index contributed by atoms with van der Waals surface area (Å²) in [4.78, 5) is 25.2. The van der Waals surface area contributed by atoms with Crippen molar-refractivity contribution in [1.29, 1.82) is 0 Å². The van der Waals surface area contributed by atoms with Gasteiger partial charge in [-0.2, -0.15) is 0 Å². The fourth-order valence-corrected chi connectivity index (χ4v) is 3.14. The molecule has 0 saturated heterocycles. The average molecular weight is 334 g/mol. The summed E-state index contributed by atoms with van der Waals surface area (Å²) in [5.41, 5.74) is 0.924. The number of benzene rings is 2. The summed E-state index contributed by atoms with van der Waals surface area (Å²) in [6.07, 6.45) is 0. The molecular weight excluding hydrogens is 326 g/mol. The second kappa shape index (κ2) is 4.83. The highest BCUT2D eigenvalue weighted by atomic mass is 79.9. The van der Waals surface area contributed by atoms with Crippen LogP contribution in [0.3, 0.4) is 0 Å². The predicted molar refractivity (Wildman–Crippen MR) is 76.5 cm³/mol. The molecule has 0 fully saturated rings. The zero-order chi connectivity index (χ0) is 13.4. The maximum absolute atomic E-state index is 11.8. The molecule has 0 aromatic heterocycles. The van der Waals surface area contributed by atoms with Crippen molar-refractivity contribution in [1.82, 2.24) is 5.32 Å². The molecule has 2 amide bonds. The Morgan fingerprint density at radius 3 is 2.42 bits per heavy atom. The van der Waals surface area contributed by atoms with Crippen molar-refractivity contribution in [2.45, 2.75) is 9.79 Å². The molecule has 1 aliphatic heterocycles. The Morgan fingerprint density at radius 1 is 0.947 bits per heavy atom.